The van der Waals surface area contributed by atoms with Crippen molar-refractivity contribution in [2.75, 3.05) is 25.0 Å². The molecule has 3 heterocycles. The van der Waals surface area contributed by atoms with E-state index in [-0.39, 0.29) is 25.1 Å². The number of nitrogens with one attached hydrogen (secondary N) is 1. The van der Waals surface area contributed by atoms with Gasteiger partial charge in [-0.3, -0.25) is 4.98 Å². The van der Waals surface area contributed by atoms with Gasteiger partial charge in [-0.25, -0.2) is 4.79 Å². The lowest BCUT2D eigenvalue weighted by atomic mass is 10.0. The first-order chi connectivity index (χ1) is 16.5. The molecule has 11 heteroatoms. The van der Waals surface area contributed by atoms with Crippen molar-refractivity contribution in [3.05, 3.63) is 48.2 Å². The number of fused-ring (bicyclic) bond motifs is 1. The lowest BCUT2D eigenvalue weighted by Crippen LogP contribution is -2.36. The molecule has 186 valence electrons. The second-order valence-corrected chi connectivity index (χ2v) is 9.45. The van der Waals surface area contributed by atoms with Gasteiger partial charge in [0.15, 0.2) is 5.82 Å². The standard InChI is InChI=1S/C24H26F3N5O3/c1-23(2,3)35-22(34)32-11-15(13-33)18(12-32)29-21-20-17(5-4-10-28-20)19(30-31-21)14-6-8-16(9-7-14)24(25,26)27/h4-10,15,18,33H,11-13H2,1-3H3,(H,29,31)/t15-,18+/m0/s1. The molecule has 2 N–H and O–H groups in total. The molecule has 0 unspecified atom stereocenters. The van der Waals surface area contributed by atoms with Crippen molar-refractivity contribution < 1.29 is 27.8 Å². The van der Waals surface area contributed by atoms with E-state index in [0.717, 1.165) is 12.1 Å². The first kappa shape index (κ1) is 24.6. The van der Waals surface area contributed by atoms with Crippen molar-refractivity contribution >= 4 is 22.8 Å². The molecule has 0 bridgehead atoms. The molecule has 1 fully saturated rings. The summed E-state index contributed by atoms with van der Waals surface area (Å²) in [5.74, 6) is 0.0865. The lowest BCUT2D eigenvalue weighted by molar-refractivity contribution is -0.137. The van der Waals surface area contributed by atoms with Gasteiger partial charge in [0.05, 0.1) is 11.6 Å². The number of benzene rings is 1. The molecule has 2 aromatic heterocycles. The molecule has 0 aliphatic carbocycles. The Labute approximate surface area is 200 Å². The summed E-state index contributed by atoms with van der Waals surface area (Å²) >= 11 is 0. The average Bonchev–Trinajstić information content (AvgIpc) is 3.21. The Balaban J connectivity index is 1.61. The fourth-order valence-electron chi connectivity index (χ4n) is 3.98. The molecule has 8 nitrogen and oxygen atoms in total. The van der Waals surface area contributed by atoms with E-state index in [4.69, 9.17) is 4.74 Å². The topological polar surface area (TPSA) is 100 Å². The largest absolute Gasteiger partial charge is 0.444 e. The molecule has 1 aliphatic heterocycles. The quantitative estimate of drug-likeness (QED) is 0.562. The van der Waals surface area contributed by atoms with Crippen molar-refractivity contribution in [1.82, 2.24) is 20.1 Å². The molecular weight excluding hydrogens is 463 g/mol. The number of aliphatic hydroxyl groups is 1. The van der Waals surface area contributed by atoms with Crippen LogP contribution in [0.15, 0.2) is 42.6 Å². The Kier molecular flexibility index (Phi) is 6.54. The summed E-state index contributed by atoms with van der Waals surface area (Å²) < 4.78 is 44.3. The number of rotatable bonds is 4. The van der Waals surface area contributed by atoms with Crippen molar-refractivity contribution in [1.29, 1.82) is 0 Å². The third kappa shape index (κ3) is 5.45. The summed E-state index contributed by atoms with van der Waals surface area (Å²) in [6, 6.07) is 7.84. The van der Waals surface area contributed by atoms with Gasteiger partial charge in [-0.2, -0.15) is 13.2 Å². The zero-order valence-electron chi connectivity index (χ0n) is 19.5. The van der Waals surface area contributed by atoms with Crippen LogP contribution < -0.4 is 5.32 Å². The fourth-order valence-corrected chi connectivity index (χ4v) is 3.98. The van der Waals surface area contributed by atoms with Gasteiger partial charge in [-0.15, -0.1) is 10.2 Å². The number of carbonyl (C=O) groups is 1. The highest BCUT2D eigenvalue weighted by atomic mass is 19.4. The Hall–Kier alpha value is -3.47. The molecule has 1 saturated heterocycles. The highest BCUT2D eigenvalue weighted by Crippen LogP contribution is 2.33. The predicted molar refractivity (Wildman–Crippen MR) is 124 cm³/mol. The molecule has 0 spiro atoms. The van der Waals surface area contributed by atoms with Crippen LogP contribution in [0.2, 0.25) is 0 Å². The van der Waals surface area contributed by atoms with E-state index < -0.39 is 23.4 Å². The van der Waals surface area contributed by atoms with Crippen molar-refractivity contribution in [3.63, 3.8) is 0 Å². The number of aromatic nitrogens is 3. The number of nitrogens with zero attached hydrogens (tertiary/aromatic N) is 4. The Morgan fingerprint density at radius 2 is 1.86 bits per heavy atom. The summed E-state index contributed by atoms with van der Waals surface area (Å²) in [5.41, 5.74) is -0.0458. The Bertz CT molecular complexity index is 1210. The highest BCUT2D eigenvalue weighted by Gasteiger charge is 2.37. The first-order valence-electron chi connectivity index (χ1n) is 11.1. The number of halogens is 3. The molecule has 1 amide bonds. The number of aliphatic hydroxyl groups excluding tert-OH is 1. The molecule has 0 saturated carbocycles. The maximum atomic E-state index is 12.9. The molecule has 2 atom stereocenters. The normalized spacial score (nSPS) is 18.7. The number of hydrogen-bond acceptors (Lipinski definition) is 7. The van der Waals surface area contributed by atoms with Crippen LogP contribution in [0, 0.1) is 5.92 Å². The number of amides is 1. The predicted octanol–water partition coefficient (Wildman–Crippen LogP) is 4.35. The zero-order valence-corrected chi connectivity index (χ0v) is 19.5. The average molecular weight is 489 g/mol. The SMILES string of the molecule is CC(C)(C)OC(=O)N1C[C@@H](CO)[C@H](Nc2nnc(-c3ccc(C(F)(F)F)cc3)c3cccnc23)C1. The second-order valence-electron chi connectivity index (χ2n) is 9.45. The van der Waals surface area contributed by atoms with Gasteiger partial charge in [0.1, 0.15) is 16.8 Å². The minimum absolute atomic E-state index is 0.153. The van der Waals surface area contributed by atoms with Crippen LogP contribution in [-0.2, 0) is 10.9 Å². The van der Waals surface area contributed by atoms with Crippen LogP contribution in [0.5, 0.6) is 0 Å². The number of anilines is 1. The van der Waals surface area contributed by atoms with Gasteiger partial charge in [-0.05, 0) is 45.0 Å². The molecule has 35 heavy (non-hydrogen) atoms. The van der Waals surface area contributed by atoms with Crippen molar-refractivity contribution in [2.45, 2.75) is 38.6 Å². The van der Waals surface area contributed by atoms with Crippen molar-refractivity contribution in [2.24, 2.45) is 5.92 Å². The maximum Gasteiger partial charge on any atom is 0.416 e. The van der Waals surface area contributed by atoms with Gasteiger partial charge >= 0.3 is 12.3 Å². The van der Waals surface area contributed by atoms with Gasteiger partial charge in [0, 0.05) is 42.8 Å². The monoisotopic (exact) mass is 489 g/mol. The van der Waals surface area contributed by atoms with E-state index in [2.05, 4.69) is 20.5 Å². The van der Waals surface area contributed by atoms with Gasteiger partial charge < -0.3 is 20.1 Å². The number of ether oxygens (including phenoxy) is 1. The highest BCUT2D eigenvalue weighted by molar-refractivity contribution is 5.97. The van der Waals surface area contributed by atoms with Crippen LogP contribution in [0.1, 0.15) is 26.3 Å². The van der Waals surface area contributed by atoms with E-state index in [9.17, 15) is 23.1 Å². The summed E-state index contributed by atoms with van der Waals surface area (Å²) in [6.07, 6.45) is -3.32. The van der Waals surface area contributed by atoms with Crippen LogP contribution >= 0.6 is 0 Å². The van der Waals surface area contributed by atoms with Crippen LogP contribution in [0.25, 0.3) is 22.2 Å². The van der Waals surface area contributed by atoms with Crippen LogP contribution in [0.3, 0.4) is 0 Å². The van der Waals surface area contributed by atoms with E-state index >= 15 is 0 Å². The third-order valence-electron chi connectivity index (χ3n) is 5.67. The summed E-state index contributed by atoms with van der Waals surface area (Å²) in [5, 5.41) is 22.2. The fraction of sp³-hybridized carbons (Fsp3) is 0.417. The third-order valence-corrected chi connectivity index (χ3v) is 5.67. The molecule has 4 rings (SSSR count). The molecule has 0 radical (unpaired) electrons. The minimum Gasteiger partial charge on any atom is -0.444 e. The molecular formula is C24H26F3N5O3. The van der Waals surface area contributed by atoms with E-state index in [1.54, 1.807) is 39.1 Å². The van der Waals surface area contributed by atoms with Crippen molar-refractivity contribution in [3.8, 4) is 11.3 Å². The van der Waals surface area contributed by atoms with E-state index in [1.165, 1.54) is 17.0 Å². The minimum atomic E-state index is -4.43. The Morgan fingerprint density at radius 3 is 2.49 bits per heavy atom. The van der Waals surface area contributed by atoms with Gasteiger partial charge in [0.25, 0.3) is 0 Å². The molecule has 1 aromatic carbocycles. The lowest BCUT2D eigenvalue weighted by Gasteiger charge is -2.24. The maximum absolute atomic E-state index is 12.9. The number of hydrogen-bond donors (Lipinski definition) is 2. The van der Waals surface area contributed by atoms with Gasteiger partial charge in [-0.1, -0.05) is 12.1 Å². The van der Waals surface area contributed by atoms with Crippen LogP contribution in [0.4, 0.5) is 23.8 Å². The summed E-state index contributed by atoms with van der Waals surface area (Å²) in [7, 11) is 0. The van der Waals surface area contributed by atoms with Crippen LogP contribution in [-0.4, -0.2) is 62.6 Å². The Morgan fingerprint density at radius 1 is 1.14 bits per heavy atom. The smallest absolute Gasteiger partial charge is 0.416 e. The number of carbonyl (C=O) groups excluding carboxylic acids is 1. The van der Waals surface area contributed by atoms with Gasteiger partial charge in [0.2, 0.25) is 0 Å². The first-order valence-corrected chi connectivity index (χ1v) is 11.1. The molecule has 1 aliphatic rings. The van der Waals surface area contributed by atoms with E-state index in [1.807, 2.05) is 0 Å². The molecule has 3 aromatic rings. The summed E-state index contributed by atoms with van der Waals surface area (Å²) in [6.45, 7) is 5.80. The second kappa shape index (κ2) is 9.29. The number of pyridine rings is 1. The number of likely N-dealkylation sites (tertiary alicyclic amines) is 1. The summed E-state index contributed by atoms with van der Waals surface area (Å²) in [4.78, 5) is 18.4. The van der Waals surface area contributed by atoms with E-state index in [0.29, 0.717) is 34.5 Å². The number of alkyl halides is 3. The zero-order chi connectivity index (χ0) is 25.4.